The highest BCUT2D eigenvalue weighted by Gasteiger charge is 2.30. The number of piperidine rings is 1. The van der Waals surface area contributed by atoms with Crippen molar-refractivity contribution >= 4 is 28.4 Å². The molecule has 5 rings (SSSR count). The molecule has 2 aromatic heterocycles. The van der Waals surface area contributed by atoms with E-state index >= 15 is 0 Å². The highest BCUT2D eigenvalue weighted by atomic mass is 35.5. The summed E-state index contributed by atoms with van der Waals surface area (Å²) in [5.74, 6) is -0.382. The van der Waals surface area contributed by atoms with E-state index in [4.69, 9.17) is 21.8 Å². The predicted molar refractivity (Wildman–Crippen MR) is 136 cm³/mol. The first-order valence-corrected chi connectivity index (χ1v) is 12.1. The quantitative estimate of drug-likeness (QED) is 0.448. The Bertz CT molecular complexity index is 1530. The van der Waals surface area contributed by atoms with Gasteiger partial charge in [0, 0.05) is 42.8 Å². The number of aryl methyl sites for hydroxylation is 2. The Labute approximate surface area is 212 Å². The van der Waals surface area contributed by atoms with Crippen molar-refractivity contribution in [3.05, 3.63) is 64.3 Å². The van der Waals surface area contributed by atoms with Crippen LogP contribution >= 0.6 is 11.6 Å². The molecule has 0 unspecified atom stereocenters. The van der Waals surface area contributed by atoms with E-state index in [9.17, 15) is 9.18 Å². The second kappa shape index (κ2) is 9.37. The molecule has 3 heterocycles. The molecule has 0 bridgehead atoms. The number of nitrogens with zero attached hydrogens (tertiary/aromatic N) is 6. The number of carbonyl (C=O) groups excluding carboxylic acids is 1. The molecule has 1 fully saturated rings. The van der Waals surface area contributed by atoms with Crippen molar-refractivity contribution < 1.29 is 9.18 Å². The third kappa shape index (κ3) is 4.02. The van der Waals surface area contributed by atoms with Crippen molar-refractivity contribution in [1.82, 2.24) is 29.5 Å². The number of likely N-dealkylation sites (tertiary alicyclic amines) is 1. The summed E-state index contributed by atoms with van der Waals surface area (Å²) < 4.78 is 17.9. The molecule has 1 N–H and O–H groups in total. The van der Waals surface area contributed by atoms with Crippen molar-refractivity contribution in [3.8, 4) is 23.1 Å². The molecule has 0 aliphatic carbocycles. The van der Waals surface area contributed by atoms with E-state index in [2.05, 4.69) is 10.4 Å². The first-order valence-electron chi connectivity index (χ1n) is 11.7. The van der Waals surface area contributed by atoms with Crippen molar-refractivity contribution in [1.29, 1.82) is 5.26 Å². The van der Waals surface area contributed by atoms with Gasteiger partial charge in [0.15, 0.2) is 0 Å². The molecule has 0 saturated carbocycles. The maximum absolute atomic E-state index is 14.6. The van der Waals surface area contributed by atoms with Gasteiger partial charge in [-0.2, -0.15) is 10.4 Å². The van der Waals surface area contributed by atoms with Crippen LogP contribution in [0, 0.1) is 24.1 Å². The molecule has 1 saturated heterocycles. The normalized spacial score (nSPS) is 15.9. The second-order valence-electron chi connectivity index (χ2n) is 9.01. The molecule has 1 aliphatic heterocycles. The second-order valence-corrected chi connectivity index (χ2v) is 9.36. The van der Waals surface area contributed by atoms with Crippen LogP contribution in [0.2, 0.25) is 5.15 Å². The first kappa shape index (κ1) is 24.0. The van der Waals surface area contributed by atoms with E-state index in [1.807, 2.05) is 36.2 Å². The highest BCUT2D eigenvalue weighted by Crippen LogP contribution is 2.32. The SMILES string of the molecule is CN[C@H]1CCCN(C(=O)c2c(C)nc(-c3ccc(C#N)c(F)c3)n2-c2ccc3nn(C)c(Cl)c3c2)C1. The van der Waals surface area contributed by atoms with Gasteiger partial charge >= 0.3 is 0 Å². The number of aromatic nitrogens is 4. The van der Waals surface area contributed by atoms with E-state index in [0.29, 0.717) is 46.7 Å². The lowest BCUT2D eigenvalue weighted by Crippen LogP contribution is -2.47. The van der Waals surface area contributed by atoms with Gasteiger partial charge in [0.1, 0.15) is 28.6 Å². The predicted octanol–water partition coefficient (Wildman–Crippen LogP) is 4.22. The Morgan fingerprint density at radius 3 is 2.81 bits per heavy atom. The van der Waals surface area contributed by atoms with Crippen LogP contribution in [-0.2, 0) is 7.05 Å². The monoisotopic (exact) mass is 505 g/mol. The summed E-state index contributed by atoms with van der Waals surface area (Å²) in [6, 6.07) is 11.9. The van der Waals surface area contributed by atoms with Crippen LogP contribution in [0.1, 0.15) is 34.6 Å². The molecule has 0 spiro atoms. The van der Waals surface area contributed by atoms with Crippen LogP contribution in [0.15, 0.2) is 36.4 Å². The van der Waals surface area contributed by atoms with Gasteiger partial charge in [-0.1, -0.05) is 11.6 Å². The van der Waals surface area contributed by atoms with Crippen LogP contribution in [-0.4, -0.2) is 56.3 Å². The number of likely N-dealkylation sites (N-methyl/N-ethyl adjacent to an activating group) is 1. The number of imidazole rings is 1. The van der Waals surface area contributed by atoms with Gasteiger partial charge in [-0.25, -0.2) is 9.37 Å². The molecular formula is C26H25ClFN7O. The van der Waals surface area contributed by atoms with Gasteiger partial charge in [0.25, 0.3) is 5.91 Å². The number of halogens is 2. The Morgan fingerprint density at radius 2 is 2.08 bits per heavy atom. The van der Waals surface area contributed by atoms with Crippen molar-refractivity contribution in [2.45, 2.75) is 25.8 Å². The fourth-order valence-electron chi connectivity index (χ4n) is 4.81. The number of nitriles is 1. The van der Waals surface area contributed by atoms with E-state index in [0.717, 1.165) is 23.7 Å². The maximum atomic E-state index is 14.6. The van der Waals surface area contributed by atoms with Gasteiger partial charge in [0.2, 0.25) is 0 Å². The van der Waals surface area contributed by atoms with Gasteiger partial charge in [-0.15, -0.1) is 0 Å². The molecule has 4 aromatic rings. The fourth-order valence-corrected chi connectivity index (χ4v) is 5.00. The number of benzene rings is 2. The third-order valence-corrected chi connectivity index (χ3v) is 7.17. The van der Waals surface area contributed by atoms with Crippen LogP contribution in [0.3, 0.4) is 0 Å². The Balaban J connectivity index is 1.72. The Hall–Kier alpha value is -3.74. The topological polar surface area (TPSA) is 91.8 Å². The number of amides is 1. The first-order chi connectivity index (χ1) is 17.3. The van der Waals surface area contributed by atoms with Gasteiger partial charge in [-0.3, -0.25) is 14.0 Å². The van der Waals surface area contributed by atoms with Crippen LogP contribution in [0.25, 0.3) is 28.0 Å². The minimum atomic E-state index is -0.645. The van der Waals surface area contributed by atoms with Crippen molar-refractivity contribution in [2.24, 2.45) is 7.05 Å². The Morgan fingerprint density at radius 1 is 1.28 bits per heavy atom. The largest absolute Gasteiger partial charge is 0.336 e. The minimum Gasteiger partial charge on any atom is -0.336 e. The van der Waals surface area contributed by atoms with E-state index < -0.39 is 5.82 Å². The van der Waals surface area contributed by atoms with Gasteiger partial charge in [-0.05, 0) is 63.2 Å². The smallest absolute Gasteiger partial charge is 0.272 e. The van der Waals surface area contributed by atoms with Crippen LogP contribution < -0.4 is 5.32 Å². The molecule has 10 heteroatoms. The molecule has 1 amide bonds. The van der Waals surface area contributed by atoms with Crippen molar-refractivity contribution in [2.75, 3.05) is 20.1 Å². The molecule has 1 atom stereocenters. The summed E-state index contributed by atoms with van der Waals surface area (Å²) >= 11 is 6.49. The number of carbonyl (C=O) groups is 1. The molecule has 0 radical (unpaired) electrons. The standard InChI is InChI=1S/C26H25ClFN7O/c1-15-23(26(36)34-10-4-5-18(14-34)30-2)35(19-8-9-22-20(12-19)24(27)33(3)32-22)25(31-15)16-6-7-17(13-29)21(28)11-16/h6-9,11-12,18,30H,4-5,10,14H2,1-3H3/t18-/m0/s1. The molecule has 1 aliphatic rings. The van der Waals surface area contributed by atoms with E-state index in [1.54, 1.807) is 29.3 Å². The molecule has 8 nitrogen and oxygen atoms in total. The van der Waals surface area contributed by atoms with Crippen LogP contribution in [0.4, 0.5) is 4.39 Å². The number of rotatable bonds is 4. The minimum absolute atomic E-state index is 0.0557. The lowest BCUT2D eigenvalue weighted by atomic mass is 10.1. The summed E-state index contributed by atoms with van der Waals surface area (Å²) in [5.41, 5.74) is 2.71. The maximum Gasteiger partial charge on any atom is 0.272 e. The molecule has 184 valence electrons. The zero-order chi connectivity index (χ0) is 25.6. The van der Waals surface area contributed by atoms with E-state index in [-0.39, 0.29) is 17.5 Å². The zero-order valence-corrected chi connectivity index (χ0v) is 21.0. The van der Waals surface area contributed by atoms with Gasteiger partial charge < -0.3 is 10.2 Å². The third-order valence-electron chi connectivity index (χ3n) is 6.72. The summed E-state index contributed by atoms with van der Waals surface area (Å²) in [5, 5.41) is 18.0. The zero-order valence-electron chi connectivity index (χ0n) is 20.2. The van der Waals surface area contributed by atoms with Crippen molar-refractivity contribution in [3.63, 3.8) is 0 Å². The molecule has 2 aromatic carbocycles. The molecular weight excluding hydrogens is 481 g/mol. The summed E-state index contributed by atoms with van der Waals surface area (Å²) in [6.45, 7) is 3.02. The lowest BCUT2D eigenvalue weighted by molar-refractivity contribution is 0.0689. The summed E-state index contributed by atoms with van der Waals surface area (Å²) in [7, 11) is 3.66. The number of hydrogen-bond donors (Lipinski definition) is 1. The fraction of sp³-hybridized carbons (Fsp3) is 0.308. The summed E-state index contributed by atoms with van der Waals surface area (Å²) in [6.07, 6.45) is 1.90. The number of nitrogens with one attached hydrogen (secondary N) is 1. The lowest BCUT2D eigenvalue weighted by Gasteiger charge is -2.33. The highest BCUT2D eigenvalue weighted by molar-refractivity contribution is 6.34. The average molecular weight is 506 g/mol. The number of fused-ring (bicyclic) bond motifs is 1. The Kier molecular flexibility index (Phi) is 6.24. The summed E-state index contributed by atoms with van der Waals surface area (Å²) in [4.78, 5) is 20.5. The van der Waals surface area contributed by atoms with Crippen LogP contribution in [0.5, 0.6) is 0 Å². The molecule has 36 heavy (non-hydrogen) atoms. The van der Waals surface area contributed by atoms with Gasteiger partial charge in [0.05, 0.1) is 16.8 Å². The van der Waals surface area contributed by atoms with E-state index in [1.165, 1.54) is 12.1 Å². The number of hydrogen-bond acceptors (Lipinski definition) is 5. The average Bonchev–Trinajstić information content (AvgIpc) is 3.38.